The molecule has 3 aromatic heterocycles. The van der Waals surface area contributed by atoms with Crippen LogP contribution in [0.2, 0.25) is 0 Å². The molecule has 0 atom stereocenters. The second-order valence-corrected chi connectivity index (χ2v) is 11.0. The van der Waals surface area contributed by atoms with E-state index in [1.54, 1.807) is 0 Å². The Morgan fingerprint density at radius 2 is 0.933 bits per heavy atom. The third kappa shape index (κ3) is 4.17. The maximum atomic E-state index is 6.09. The molecule has 0 bridgehead atoms. The summed E-state index contributed by atoms with van der Waals surface area (Å²) in [5, 5.41) is 6.26. The molecule has 0 amide bonds. The van der Waals surface area contributed by atoms with Crippen molar-refractivity contribution >= 4 is 43.6 Å². The highest BCUT2D eigenvalue weighted by Crippen LogP contribution is 2.38. The molecule has 210 valence electrons. The fraction of sp³-hybridized carbons (Fsp3) is 0. The van der Waals surface area contributed by atoms with E-state index in [4.69, 9.17) is 24.4 Å². The van der Waals surface area contributed by atoms with E-state index in [1.165, 1.54) is 11.1 Å². The molecule has 3 heterocycles. The Labute approximate surface area is 258 Å². The molecule has 0 aliphatic rings. The van der Waals surface area contributed by atoms with Crippen LogP contribution in [0.1, 0.15) is 0 Å². The molecule has 0 saturated carbocycles. The Balaban J connectivity index is 1.31. The van der Waals surface area contributed by atoms with Crippen molar-refractivity contribution in [1.29, 1.82) is 0 Å². The number of hydrogen-bond donors (Lipinski definition) is 0. The number of rotatable bonds is 4. The van der Waals surface area contributed by atoms with Crippen molar-refractivity contribution in [3.63, 3.8) is 0 Å². The molecule has 6 aromatic carbocycles. The average molecular weight is 577 g/mol. The van der Waals surface area contributed by atoms with Gasteiger partial charge in [-0.25, -0.2) is 19.9 Å². The Hall–Kier alpha value is -6.20. The second kappa shape index (κ2) is 10.2. The fourth-order valence-electron chi connectivity index (χ4n) is 6.32. The van der Waals surface area contributed by atoms with Crippen LogP contribution in [0.15, 0.2) is 150 Å². The van der Waals surface area contributed by atoms with Gasteiger partial charge in [0.2, 0.25) is 5.71 Å². The molecule has 0 saturated heterocycles. The zero-order valence-electron chi connectivity index (χ0n) is 24.1. The minimum Gasteiger partial charge on any atom is -0.438 e. The van der Waals surface area contributed by atoms with Crippen LogP contribution in [0.5, 0.6) is 0 Å². The predicted molar refractivity (Wildman–Crippen MR) is 182 cm³/mol. The van der Waals surface area contributed by atoms with Crippen LogP contribution in [0.25, 0.3) is 88.9 Å². The van der Waals surface area contributed by atoms with Gasteiger partial charge in [0.1, 0.15) is 5.58 Å². The predicted octanol–water partition coefficient (Wildman–Crippen LogP) is 10.1. The Bertz CT molecular complexity index is 2540. The van der Waals surface area contributed by atoms with E-state index < -0.39 is 0 Å². The molecule has 0 aliphatic carbocycles. The van der Waals surface area contributed by atoms with E-state index in [-0.39, 0.29) is 0 Å². The number of fused-ring (bicyclic) bond motifs is 6. The van der Waals surface area contributed by atoms with Gasteiger partial charge in [0.15, 0.2) is 17.5 Å². The average Bonchev–Trinajstić information content (AvgIpc) is 3.51. The van der Waals surface area contributed by atoms with Crippen LogP contribution in [-0.2, 0) is 0 Å². The number of pyridine rings is 1. The lowest BCUT2D eigenvalue weighted by atomic mass is 9.94. The van der Waals surface area contributed by atoms with Gasteiger partial charge in [0.05, 0.1) is 5.39 Å². The van der Waals surface area contributed by atoms with Gasteiger partial charge in [-0.2, -0.15) is 0 Å². The molecular weight excluding hydrogens is 552 g/mol. The number of nitrogens with zero attached hydrogens (tertiary/aromatic N) is 4. The van der Waals surface area contributed by atoms with Gasteiger partial charge in [0, 0.05) is 33.7 Å². The van der Waals surface area contributed by atoms with Gasteiger partial charge in [0.25, 0.3) is 0 Å². The number of furan rings is 1. The van der Waals surface area contributed by atoms with Crippen LogP contribution in [0, 0.1) is 0 Å². The largest absolute Gasteiger partial charge is 0.438 e. The first-order valence-electron chi connectivity index (χ1n) is 14.9. The van der Waals surface area contributed by atoms with E-state index in [0.717, 1.165) is 54.6 Å². The molecule has 9 aromatic rings. The summed E-state index contributed by atoms with van der Waals surface area (Å²) >= 11 is 0. The molecule has 0 spiro atoms. The van der Waals surface area contributed by atoms with Crippen molar-refractivity contribution in [3.8, 4) is 45.3 Å². The van der Waals surface area contributed by atoms with Gasteiger partial charge in [-0.3, -0.25) is 0 Å². The standard InChI is InChI=1S/C40H24N4O/c1-3-12-25(13-4-1)27-22-23-32(29-17-8-7-16-28(27)29)39-43-37(26-14-5-2-6-15-26)42-38(44-39)31-20-11-19-30-34(31)24-41-40-36(30)33-18-9-10-21-35(33)45-40/h1-24H. The lowest BCUT2D eigenvalue weighted by molar-refractivity contribution is 0.654. The summed E-state index contributed by atoms with van der Waals surface area (Å²) in [5.74, 6) is 1.83. The zero-order chi connectivity index (χ0) is 29.7. The highest BCUT2D eigenvalue weighted by atomic mass is 16.3. The molecular formula is C40H24N4O. The van der Waals surface area contributed by atoms with Gasteiger partial charge < -0.3 is 4.42 Å². The molecule has 0 radical (unpaired) electrons. The minimum atomic E-state index is 0.592. The normalized spacial score (nSPS) is 11.6. The van der Waals surface area contributed by atoms with Crippen LogP contribution in [0.3, 0.4) is 0 Å². The molecule has 0 unspecified atom stereocenters. The summed E-state index contributed by atoms with van der Waals surface area (Å²) < 4.78 is 6.09. The highest BCUT2D eigenvalue weighted by Gasteiger charge is 2.19. The molecule has 9 rings (SSSR count). The Morgan fingerprint density at radius 3 is 1.69 bits per heavy atom. The minimum absolute atomic E-state index is 0.592. The lowest BCUT2D eigenvalue weighted by Crippen LogP contribution is -2.01. The van der Waals surface area contributed by atoms with E-state index in [1.807, 2.05) is 60.8 Å². The first kappa shape index (κ1) is 25.3. The summed E-state index contributed by atoms with van der Waals surface area (Å²) in [6.07, 6.45) is 1.87. The van der Waals surface area contributed by atoms with E-state index in [9.17, 15) is 0 Å². The third-order valence-corrected chi connectivity index (χ3v) is 8.42. The number of benzene rings is 6. The van der Waals surface area contributed by atoms with E-state index >= 15 is 0 Å². The smallest absolute Gasteiger partial charge is 0.227 e. The molecule has 0 aliphatic heterocycles. The van der Waals surface area contributed by atoms with Gasteiger partial charge in [-0.1, -0.05) is 127 Å². The quantitative estimate of drug-likeness (QED) is 0.209. The lowest BCUT2D eigenvalue weighted by Gasteiger charge is -2.13. The number of para-hydroxylation sites is 1. The van der Waals surface area contributed by atoms with Crippen molar-refractivity contribution in [2.24, 2.45) is 0 Å². The van der Waals surface area contributed by atoms with Crippen LogP contribution in [-0.4, -0.2) is 19.9 Å². The Kier molecular flexibility index (Phi) is 5.74. The van der Waals surface area contributed by atoms with Crippen molar-refractivity contribution in [2.75, 3.05) is 0 Å². The monoisotopic (exact) mass is 576 g/mol. The zero-order valence-corrected chi connectivity index (χ0v) is 24.1. The molecule has 45 heavy (non-hydrogen) atoms. The molecule has 5 heteroatoms. The van der Waals surface area contributed by atoms with Crippen molar-refractivity contribution in [3.05, 3.63) is 146 Å². The van der Waals surface area contributed by atoms with Crippen molar-refractivity contribution in [2.45, 2.75) is 0 Å². The molecule has 5 nitrogen and oxygen atoms in total. The van der Waals surface area contributed by atoms with Crippen LogP contribution in [0.4, 0.5) is 0 Å². The van der Waals surface area contributed by atoms with Crippen molar-refractivity contribution in [1.82, 2.24) is 19.9 Å². The third-order valence-electron chi connectivity index (χ3n) is 8.42. The Morgan fingerprint density at radius 1 is 0.378 bits per heavy atom. The van der Waals surface area contributed by atoms with Crippen LogP contribution < -0.4 is 0 Å². The maximum Gasteiger partial charge on any atom is 0.227 e. The van der Waals surface area contributed by atoms with Crippen molar-refractivity contribution < 1.29 is 4.42 Å². The second-order valence-electron chi connectivity index (χ2n) is 11.0. The van der Waals surface area contributed by atoms with E-state index in [2.05, 4.69) is 84.9 Å². The summed E-state index contributed by atoms with van der Waals surface area (Å²) in [7, 11) is 0. The molecule has 0 N–H and O–H groups in total. The van der Waals surface area contributed by atoms with Crippen LogP contribution >= 0.6 is 0 Å². The van der Waals surface area contributed by atoms with Gasteiger partial charge >= 0.3 is 0 Å². The fourth-order valence-corrected chi connectivity index (χ4v) is 6.32. The van der Waals surface area contributed by atoms with E-state index in [0.29, 0.717) is 23.2 Å². The molecule has 0 fully saturated rings. The number of hydrogen-bond acceptors (Lipinski definition) is 5. The SMILES string of the molecule is c1ccc(-c2nc(-c3ccc(-c4ccccc4)c4ccccc34)nc(-c3cccc4c3cnc3oc5ccccc5c34)n2)cc1. The topological polar surface area (TPSA) is 64.7 Å². The first-order valence-corrected chi connectivity index (χ1v) is 14.9. The highest BCUT2D eigenvalue weighted by molar-refractivity contribution is 6.19. The number of aromatic nitrogens is 4. The summed E-state index contributed by atoms with van der Waals surface area (Å²) in [6, 6.07) is 47.6. The van der Waals surface area contributed by atoms with Gasteiger partial charge in [-0.05, 0) is 39.4 Å². The summed E-state index contributed by atoms with van der Waals surface area (Å²) in [6.45, 7) is 0. The first-order chi connectivity index (χ1) is 22.3. The summed E-state index contributed by atoms with van der Waals surface area (Å²) in [5.41, 5.74) is 6.54. The van der Waals surface area contributed by atoms with Gasteiger partial charge in [-0.15, -0.1) is 0 Å². The maximum absolute atomic E-state index is 6.09. The summed E-state index contributed by atoms with van der Waals surface area (Å²) in [4.78, 5) is 20.0.